The third-order valence-corrected chi connectivity index (χ3v) is 4.58. The number of amides is 2. The number of hydrogen-bond donors (Lipinski definition) is 1. The summed E-state index contributed by atoms with van der Waals surface area (Å²) < 4.78 is 11.4. The molecule has 0 spiro atoms. The molecule has 1 unspecified atom stereocenters. The van der Waals surface area contributed by atoms with Crippen LogP contribution < -0.4 is 14.8 Å². The van der Waals surface area contributed by atoms with Crippen LogP contribution in [0, 0.1) is 5.92 Å². The van der Waals surface area contributed by atoms with Gasteiger partial charge in [0.2, 0.25) is 5.91 Å². The fraction of sp³-hybridized carbons (Fsp3) is 0.619. The van der Waals surface area contributed by atoms with Crippen LogP contribution in [0.4, 0.5) is 0 Å². The molecule has 0 radical (unpaired) electrons. The van der Waals surface area contributed by atoms with Gasteiger partial charge in [-0.2, -0.15) is 0 Å². The van der Waals surface area contributed by atoms with Gasteiger partial charge in [-0.1, -0.05) is 13.8 Å². The van der Waals surface area contributed by atoms with Crippen LogP contribution in [0.25, 0.3) is 0 Å². The maximum atomic E-state index is 13.0. The van der Waals surface area contributed by atoms with Gasteiger partial charge in [-0.25, -0.2) is 0 Å². The molecule has 1 aromatic rings. The van der Waals surface area contributed by atoms with Gasteiger partial charge in [0.15, 0.2) is 11.5 Å². The highest BCUT2D eigenvalue weighted by Gasteiger charge is 2.29. The van der Waals surface area contributed by atoms with Gasteiger partial charge >= 0.3 is 0 Å². The molecule has 0 bridgehead atoms. The second-order valence-electron chi connectivity index (χ2n) is 6.82. The summed E-state index contributed by atoms with van der Waals surface area (Å²) in [4.78, 5) is 27.0. The summed E-state index contributed by atoms with van der Waals surface area (Å²) in [6, 6.07) is 5.32. The smallest absolute Gasteiger partial charge is 0.254 e. The molecule has 0 aromatic heterocycles. The highest BCUT2D eigenvalue weighted by atomic mass is 16.5. The summed E-state index contributed by atoms with van der Waals surface area (Å²) in [5, 5.41) is 2.94. The summed E-state index contributed by atoms with van der Waals surface area (Å²) in [6.07, 6.45) is 3.48. The van der Waals surface area contributed by atoms with E-state index in [2.05, 4.69) is 5.32 Å². The first kappa shape index (κ1) is 21.1. The van der Waals surface area contributed by atoms with Crippen molar-refractivity contribution in [2.75, 3.05) is 32.8 Å². The number of rotatable bonds is 9. The standard InChI is InChI=1S/C21H32N2O4/c1-4-11-22-20(24)17-8-7-12-23(15-17)21(25)16-9-10-18(27-13-5-2)19(14-16)26-6-3/h9-10,14,17H,4-8,11-13,15H2,1-3H3,(H,22,24). The number of carbonyl (C=O) groups excluding carboxylic acids is 2. The molecule has 150 valence electrons. The van der Waals surface area contributed by atoms with Crippen LogP contribution in [0.15, 0.2) is 18.2 Å². The molecule has 1 saturated heterocycles. The van der Waals surface area contributed by atoms with Crippen molar-refractivity contribution >= 4 is 11.8 Å². The lowest BCUT2D eigenvalue weighted by molar-refractivity contribution is -0.126. The van der Waals surface area contributed by atoms with Crippen LogP contribution in [-0.2, 0) is 4.79 Å². The third-order valence-electron chi connectivity index (χ3n) is 4.58. The highest BCUT2D eigenvalue weighted by Crippen LogP contribution is 2.30. The Kier molecular flexibility index (Phi) is 8.43. The topological polar surface area (TPSA) is 67.9 Å². The first-order valence-corrected chi connectivity index (χ1v) is 10.1. The van der Waals surface area contributed by atoms with E-state index in [1.807, 2.05) is 20.8 Å². The van der Waals surface area contributed by atoms with E-state index in [-0.39, 0.29) is 17.7 Å². The number of nitrogens with one attached hydrogen (secondary N) is 1. The number of ether oxygens (including phenoxy) is 2. The van der Waals surface area contributed by atoms with Crippen LogP contribution in [-0.4, -0.2) is 49.6 Å². The molecule has 0 saturated carbocycles. The largest absolute Gasteiger partial charge is 0.490 e. The molecular formula is C21H32N2O4. The van der Waals surface area contributed by atoms with E-state index in [1.165, 1.54) is 0 Å². The number of hydrogen-bond acceptors (Lipinski definition) is 4. The zero-order chi connectivity index (χ0) is 19.6. The van der Waals surface area contributed by atoms with Gasteiger partial charge in [-0.05, 0) is 50.8 Å². The number of benzene rings is 1. The molecule has 1 atom stereocenters. The lowest BCUT2D eigenvalue weighted by Gasteiger charge is -2.32. The first-order chi connectivity index (χ1) is 13.1. The molecule has 1 heterocycles. The summed E-state index contributed by atoms with van der Waals surface area (Å²) in [7, 11) is 0. The fourth-order valence-corrected chi connectivity index (χ4v) is 3.19. The number of nitrogens with zero attached hydrogens (tertiary/aromatic N) is 1. The zero-order valence-electron chi connectivity index (χ0n) is 16.8. The van der Waals surface area contributed by atoms with Crippen molar-refractivity contribution in [3.05, 3.63) is 23.8 Å². The molecule has 0 aliphatic carbocycles. The van der Waals surface area contributed by atoms with E-state index in [0.29, 0.717) is 49.9 Å². The molecule has 1 N–H and O–H groups in total. The van der Waals surface area contributed by atoms with Gasteiger partial charge in [0.25, 0.3) is 5.91 Å². The molecular weight excluding hydrogens is 344 g/mol. The highest BCUT2D eigenvalue weighted by molar-refractivity contribution is 5.95. The summed E-state index contributed by atoms with van der Waals surface area (Å²) >= 11 is 0. The molecule has 1 aromatic carbocycles. The third kappa shape index (κ3) is 5.88. The van der Waals surface area contributed by atoms with E-state index in [9.17, 15) is 9.59 Å². The van der Waals surface area contributed by atoms with Crippen molar-refractivity contribution in [1.82, 2.24) is 10.2 Å². The van der Waals surface area contributed by atoms with Gasteiger partial charge in [-0.3, -0.25) is 9.59 Å². The van der Waals surface area contributed by atoms with Crippen LogP contribution in [0.5, 0.6) is 11.5 Å². The lowest BCUT2D eigenvalue weighted by Crippen LogP contribution is -2.45. The molecule has 1 aliphatic rings. The second kappa shape index (κ2) is 10.8. The molecule has 2 amide bonds. The van der Waals surface area contributed by atoms with Crippen LogP contribution in [0.1, 0.15) is 56.8 Å². The van der Waals surface area contributed by atoms with Crippen molar-refractivity contribution in [2.24, 2.45) is 5.92 Å². The Labute approximate surface area is 162 Å². The van der Waals surface area contributed by atoms with E-state index in [0.717, 1.165) is 25.7 Å². The number of likely N-dealkylation sites (tertiary alicyclic amines) is 1. The summed E-state index contributed by atoms with van der Waals surface area (Å²) in [6.45, 7) is 8.91. The van der Waals surface area contributed by atoms with Crippen molar-refractivity contribution in [3.8, 4) is 11.5 Å². The van der Waals surface area contributed by atoms with Gasteiger partial charge in [0.1, 0.15) is 0 Å². The van der Waals surface area contributed by atoms with Crippen LogP contribution in [0.2, 0.25) is 0 Å². The maximum Gasteiger partial charge on any atom is 0.254 e. The maximum absolute atomic E-state index is 13.0. The fourth-order valence-electron chi connectivity index (χ4n) is 3.19. The van der Waals surface area contributed by atoms with Crippen molar-refractivity contribution in [3.63, 3.8) is 0 Å². The Hall–Kier alpha value is -2.24. The number of carbonyl (C=O) groups is 2. The van der Waals surface area contributed by atoms with E-state index in [1.54, 1.807) is 23.1 Å². The van der Waals surface area contributed by atoms with Crippen LogP contribution >= 0.6 is 0 Å². The second-order valence-corrected chi connectivity index (χ2v) is 6.82. The molecule has 1 fully saturated rings. The van der Waals surface area contributed by atoms with Gasteiger partial charge in [0, 0.05) is 25.2 Å². The quantitative estimate of drug-likeness (QED) is 0.718. The Morgan fingerprint density at radius 2 is 1.96 bits per heavy atom. The van der Waals surface area contributed by atoms with E-state index in [4.69, 9.17) is 9.47 Å². The zero-order valence-corrected chi connectivity index (χ0v) is 16.8. The van der Waals surface area contributed by atoms with Crippen LogP contribution in [0.3, 0.4) is 0 Å². The molecule has 2 rings (SSSR count). The van der Waals surface area contributed by atoms with Crippen molar-refractivity contribution < 1.29 is 19.1 Å². The minimum absolute atomic E-state index is 0.0488. The SMILES string of the molecule is CCCNC(=O)C1CCCN(C(=O)c2ccc(OCCC)c(OCC)c2)C1. The number of piperidine rings is 1. The van der Waals surface area contributed by atoms with E-state index >= 15 is 0 Å². The monoisotopic (exact) mass is 376 g/mol. The average molecular weight is 376 g/mol. The first-order valence-electron chi connectivity index (χ1n) is 10.1. The minimum Gasteiger partial charge on any atom is -0.490 e. The molecule has 27 heavy (non-hydrogen) atoms. The Bertz CT molecular complexity index is 633. The van der Waals surface area contributed by atoms with E-state index < -0.39 is 0 Å². The Morgan fingerprint density at radius 3 is 2.67 bits per heavy atom. The normalized spacial score (nSPS) is 16.7. The summed E-state index contributed by atoms with van der Waals surface area (Å²) in [5.41, 5.74) is 0.567. The lowest BCUT2D eigenvalue weighted by atomic mass is 9.96. The predicted molar refractivity (Wildman–Crippen MR) is 105 cm³/mol. The Balaban J connectivity index is 2.09. The van der Waals surface area contributed by atoms with Gasteiger partial charge in [-0.15, -0.1) is 0 Å². The minimum atomic E-state index is -0.132. The van der Waals surface area contributed by atoms with Crippen molar-refractivity contribution in [2.45, 2.75) is 46.5 Å². The van der Waals surface area contributed by atoms with Gasteiger partial charge in [0.05, 0.1) is 19.1 Å². The average Bonchev–Trinajstić information content (AvgIpc) is 2.70. The van der Waals surface area contributed by atoms with Gasteiger partial charge < -0.3 is 19.7 Å². The van der Waals surface area contributed by atoms with Crippen molar-refractivity contribution in [1.29, 1.82) is 0 Å². The Morgan fingerprint density at radius 1 is 1.15 bits per heavy atom. The molecule has 6 heteroatoms. The predicted octanol–water partition coefficient (Wildman–Crippen LogP) is 3.25. The molecule has 1 aliphatic heterocycles. The molecule has 6 nitrogen and oxygen atoms in total. The summed E-state index contributed by atoms with van der Waals surface area (Å²) in [5.74, 6) is 1.10.